The first-order valence-electron chi connectivity index (χ1n) is 6.98. The van der Waals surface area contributed by atoms with Crippen LogP contribution in [0.4, 0.5) is 0 Å². The summed E-state index contributed by atoms with van der Waals surface area (Å²) in [6, 6.07) is 5.14. The molecule has 20 heavy (non-hydrogen) atoms. The van der Waals surface area contributed by atoms with Crippen molar-refractivity contribution < 1.29 is 19.4 Å². The van der Waals surface area contributed by atoms with E-state index in [0.717, 1.165) is 18.4 Å². The van der Waals surface area contributed by atoms with E-state index in [1.54, 1.807) is 12.1 Å². The van der Waals surface area contributed by atoms with Crippen molar-refractivity contribution in [1.82, 2.24) is 5.32 Å². The van der Waals surface area contributed by atoms with Crippen LogP contribution in [0.1, 0.15) is 31.2 Å². The Bertz CT molecular complexity index is 525. The fourth-order valence-electron chi connectivity index (χ4n) is 3.19. The highest BCUT2D eigenvalue weighted by molar-refractivity contribution is 5.85. The van der Waals surface area contributed by atoms with Crippen molar-refractivity contribution in [2.24, 2.45) is 0 Å². The lowest BCUT2D eigenvalue weighted by Gasteiger charge is -2.29. The fraction of sp³-hybridized carbons (Fsp3) is 0.533. The van der Waals surface area contributed by atoms with E-state index in [0.29, 0.717) is 11.8 Å². The lowest BCUT2D eigenvalue weighted by atomic mass is 9.90. The molecule has 3 rings (SSSR count). The van der Waals surface area contributed by atoms with E-state index in [-0.39, 0.29) is 18.3 Å². The number of rotatable bonds is 3. The maximum atomic E-state index is 12.3. The monoisotopic (exact) mass is 277 g/mol. The molecule has 1 heterocycles. The van der Waals surface area contributed by atoms with Gasteiger partial charge in [0.2, 0.25) is 0 Å². The zero-order valence-corrected chi connectivity index (χ0v) is 11.5. The number of benzene rings is 1. The number of aromatic hydroxyl groups is 1. The van der Waals surface area contributed by atoms with Gasteiger partial charge in [0.05, 0.1) is 7.11 Å². The molecule has 0 radical (unpaired) electrons. The van der Waals surface area contributed by atoms with Gasteiger partial charge in [0.15, 0.2) is 5.54 Å². The number of hydrogen-bond acceptors (Lipinski definition) is 5. The van der Waals surface area contributed by atoms with Crippen molar-refractivity contribution >= 4 is 5.97 Å². The van der Waals surface area contributed by atoms with Crippen LogP contribution >= 0.6 is 0 Å². The third-order valence-corrected chi connectivity index (χ3v) is 4.21. The Morgan fingerprint density at radius 3 is 2.90 bits per heavy atom. The van der Waals surface area contributed by atoms with Crippen molar-refractivity contribution in [2.75, 3.05) is 13.7 Å². The smallest absolute Gasteiger partial charge is 0.334 e. The number of phenolic OH excluding ortho intramolecular Hbond substituents is 1. The summed E-state index contributed by atoms with van der Waals surface area (Å²) in [7, 11) is 1.39. The van der Waals surface area contributed by atoms with Crippen LogP contribution in [0, 0.1) is 0 Å². The maximum absolute atomic E-state index is 12.3. The minimum atomic E-state index is -0.952. The van der Waals surface area contributed by atoms with Gasteiger partial charge < -0.3 is 14.6 Å². The van der Waals surface area contributed by atoms with Gasteiger partial charge in [0.1, 0.15) is 18.1 Å². The Morgan fingerprint density at radius 2 is 2.20 bits per heavy atom. The standard InChI is InChI=1S/C15H19NO4/c1-19-14(18)15(16-10-4-2-3-5-10)9-20-13-8-11(17)6-7-12(13)15/h6-8,10,16-17H,2-5,9H2,1H3. The molecule has 5 heteroatoms. The summed E-state index contributed by atoms with van der Waals surface area (Å²) in [5, 5.41) is 13.0. The SMILES string of the molecule is COC(=O)C1(NC2CCCC2)COc2cc(O)ccc21. The molecule has 0 bridgehead atoms. The van der Waals surface area contributed by atoms with Gasteiger partial charge in [-0.2, -0.15) is 0 Å². The molecule has 108 valence electrons. The number of ether oxygens (including phenoxy) is 2. The maximum Gasteiger partial charge on any atom is 0.334 e. The van der Waals surface area contributed by atoms with Gasteiger partial charge in [-0.05, 0) is 25.0 Å². The van der Waals surface area contributed by atoms with E-state index in [9.17, 15) is 9.90 Å². The van der Waals surface area contributed by atoms with Crippen LogP contribution in [0.15, 0.2) is 18.2 Å². The first-order chi connectivity index (χ1) is 9.65. The third-order valence-electron chi connectivity index (χ3n) is 4.21. The molecular weight excluding hydrogens is 258 g/mol. The van der Waals surface area contributed by atoms with E-state index in [1.165, 1.54) is 26.0 Å². The summed E-state index contributed by atoms with van der Waals surface area (Å²) >= 11 is 0. The molecule has 0 saturated heterocycles. The summed E-state index contributed by atoms with van der Waals surface area (Å²) in [4.78, 5) is 12.3. The molecule has 2 aliphatic rings. The van der Waals surface area contributed by atoms with Crippen molar-refractivity contribution in [1.29, 1.82) is 0 Å². The van der Waals surface area contributed by atoms with Crippen LogP contribution in [-0.2, 0) is 15.1 Å². The second-order valence-electron chi connectivity index (χ2n) is 5.49. The second-order valence-corrected chi connectivity index (χ2v) is 5.49. The molecule has 0 amide bonds. The van der Waals surface area contributed by atoms with E-state index >= 15 is 0 Å². The van der Waals surface area contributed by atoms with Crippen LogP contribution in [0.25, 0.3) is 0 Å². The molecule has 5 nitrogen and oxygen atoms in total. The number of fused-ring (bicyclic) bond motifs is 1. The predicted octanol–water partition coefficient (Wildman–Crippen LogP) is 1.69. The van der Waals surface area contributed by atoms with Crippen molar-refractivity contribution in [3.63, 3.8) is 0 Å². The van der Waals surface area contributed by atoms with Crippen LogP contribution in [0.3, 0.4) is 0 Å². The van der Waals surface area contributed by atoms with E-state index in [2.05, 4.69) is 5.32 Å². The van der Waals surface area contributed by atoms with Gasteiger partial charge in [-0.3, -0.25) is 5.32 Å². The molecule has 1 aliphatic heterocycles. The molecule has 1 saturated carbocycles. The zero-order valence-electron chi connectivity index (χ0n) is 11.5. The Balaban J connectivity index is 1.98. The molecule has 1 fully saturated rings. The van der Waals surface area contributed by atoms with E-state index in [1.807, 2.05) is 0 Å². The van der Waals surface area contributed by atoms with Crippen molar-refractivity contribution in [2.45, 2.75) is 37.3 Å². The molecular formula is C15H19NO4. The Labute approximate surface area is 117 Å². The quantitative estimate of drug-likeness (QED) is 0.823. The number of methoxy groups -OCH3 is 1. The Morgan fingerprint density at radius 1 is 1.45 bits per heavy atom. The molecule has 1 atom stereocenters. The third kappa shape index (κ3) is 2.02. The lowest BCUT2D eigenvalue weighted by Crippen LogP contribution is -2.54. The van der Waals surface area contributed by atoms with Crippen LogP contribution in [-0.4, -0.2) is 30.8 Å². The van der Waals surface area contributed by atoms with Crippen molar-refractivity contribution in [3.05, 3.63) is 23.8 Å². The molecule has 1 aliphatic carbocycles. The Kier molecular flexibility index (Phi) is 3.30. The van der Waals surface area contributed by atoms with Gasteiger partial charge in [-0.25, -0.2) is 4.79 Å². The normalized spacial score (nSPS) is 25.2. The second kappa shape index (κ2) is 4.98. The van der Waals surface area contributed by atoms with Crippen LogP contribution in [0.2, 0.25) is 0 Å². The minimum absolute atomic E-state index is 0.130. The first kappa shape index (κ1) is 13.2. The molecule has 0 aromatic heterocycles. The average molecular weight is 277 g/mol. The molecule has 1 aromatic carbocycles. The van der Waals surface area contributed by atoms with Gasteiger partial charge >= 0.3 is 5.97 Å². The molecule has 1 unspecified atom stereocenters. The number of carbonyl (C=O) groups is 1. The van der Waals surface area contributed by atoms with Gasteiger partial charge in [-0.15, -0.1) is 0 Å². The topological polar surface area (TPSA) is 67.8 Å². The summed E-state index contributed by atoms with van der Waals surface area (Å²) in [5.74, 6) is 0.333. The van der Waals surface area contributed by atoms with E-state index in [4.69, 9.17) is 9.47 Å². The van der Waals surface area contributed by atoms with Crippen LogP contribution < -0.4 is 10.1 Å². The highest BCUT2D eigenvalue weighted by Gasteiger charge is 2.50. The summed E-state index contributed by atoms with van der Waals surface area (Å²) < 4.78 is 10.6. The highest BCUT2D eigenvalue weighted by Crippen LogP contribution is 2.41. The minimum Gasteiger partial charge on any atom is -0.508 e. The summed E-state index contributed by atoms with van der Waals surface area (Å²) in [6.07, 6.45) is 4.48. The summed E-state index contributed by atoms with van der Waals surface area (Å²) in [5.41, 5.74) is -0.207. The lowest BCUT2D eigenvalue weighted by molar-refractivity contribution is -0.150. The van der Waals surface area contributed by atoms with Gasteiger partial charge in [-0.1, -0.05) is 12.8 Å². The number of carbonyl (C=O) groups excluding carboxylic acids is 1. The average Bonchev–Trinajstić information content (AvgIpc) is 3.07. The first-order valence-corrected chi connectivity index (χ1v) is 6.98. The number of phenols is 1. The molecule has 1 aromatic rings. The Hall–Kier alpha value is -1.75. The number of esters is 1. The number of hydrogen-bond donors (Lipinski definition) is 2. The van der Waals surface area contributed by atoms with Gasteiger partial charge in [0.25, 0.3) is 0 Å². The number of nitrogens with one attached hydrogen (secondary N) is 1. The highest BCUT2D eigenvalue weighted by atomic mass is 16.5. The van der Waals surface area contributed by atoms with Gasteiger partial charge in [0, 0.05) is 17.7 Å². The zero-order chi connectivity index (χ0) is 14.2. The van der Waals surface area contributed by atoms with E-state index < -0.39 is 5.54 Å². The summed E-state index contributed by atoms with van der Waals surface area (Å²) in [6.45, 7) is 0.203. The largest absolute Gasteiger partial charge is 0.508 e. The predicted molar refractivity (Wildman–Crippen MR) is 72.7 cm³/mol. The van der Waals surface area contributed by atoms with Crippen LogP contribution in [0.5, 0.6) is 11.5 Å². The fourth-order valence-corrected chi connectivity index (χ4v) is 3.19. The molecule has 0 spiro atoms. The van der Waals surface area contributed by atoms with Crippen molar-refractivity contribution in [3.8, 4) is 11.5 Å². The molecule has 2 N–H and O–H groups in total.